The molecular weight excluding hydrogens is 238 g/mol. The molecule has 1 aliphatic carbocycles. The fourth-order valence-corrected chi connectivity index (χ4v) is 3.00. The SMILES string of the molecule is CC1=CC=CC2(C)C(=O)N(c3ccccc3)C(=O)C12. The summed E-state index contributed by atoms with van der Waals surface area (Å²) in [7, 11) is 0. The van der Waals surface area contributed by atoms with Gasteiger partial charge >= 0.3 is 0 Å². The van der Waals surface area contributed by atoms with Gasteiger partial charge in [-0.1, -0.05) is 42.0 Å². The van der Waals surface area contributed by atoms with Gasteiger partial charge in [-0.15, -0.1) is 0 Å². The number of rotatable bonds is 1. The number of amides is 2. The van der Waals surface area contributed by atoms with Gasteiger partial charge in [0.05, 0.1) is 17.0 Å². The third-order valence-electron chi connectivity index (χ3n) is 4.00. The lowest BCUT2D eigenvalue weighted by molar-refractivity contribution is -0.123. The second-order valence-electron chi connectivity index (χ2n) is 5.30. The second kappa shape index (κ2) is 3.92. The van der Waals surface area contributed by atoms with E-state index >= 15 is 0 Å². The van der Waals surface area contributed by atoms with Gasteiger partial charge in [-0.25, -0.2) is 4.90 Å². The van der Waals surface area contributed by atoms with Gasteiger partial charge in [-0.3, -0.25) is 9.59 Å². The predicted molar refractivity (Wildman–Crippen MR) is 73.4 cm³/mol. The Kier molecular flexibility index (Phi) is 2.45. The summed E-state index contributed by atoms with van der Waals surface area (Å²) in [4.78, 5) is 26.6. The molecule has 0 saturated carbocycles. The van der Waals surface area contributed by atoms with E-state index in [2.05, 4.69) is 0 Å². The summed E-state index contributed by atoms with van der Waals surface area (Å²) < 4.78 is 0. The van der Waals surface area contributed by atoms with Gasteiger partial charge in [-0.2, -0.15) is 0 Å². The van der Waals surface area contributed by atoms with E-state index in [4.69, 9.17) is 0 Å². The minimum Gasteiger partial charge on any atom is -0.273 e. The van der Waals surface area contributed by atoms with E-state index in [0.717, 1.165) is 5.57 Å². The normalized spacial score (nSPS) is 29.5. The molecular formula is C16H15NO2. The molecule has 2 atom stereocenters. The molecule has 0 aromatic heterocycles. The zero-order valence-electron chi connectivity index (χ0n) is 11.0. The van der Waals surface area contributed by atoms with E-state index in [1.165, 1.54) is 4.90 Å². The van der Waals surface area contributed by atoms with Crippen molar-refractivity contribution in [1.29, 1.82) is 0 Å². The first-order valence-corrected chi connectivity index (χ1v) is 6.35. The summed E-state index contributed by atoms with van der Waals surface area (Å²) in [5.41, 5.74) is 0.849. The molecule has 2 unspecified atom stereocenters. The van der Waals surface area contributed by atoms with E-state index < -0.39 is 5.41 Å². The number of carbonyl (C=O) groups is 2. The largest absolute Gasteiger partial charge is 0.273 e. The Bertz CT molecular complexity index is 615. The molecule has 0 spiro atoms. The van der Waals surface area contributed by atoms with Crippen molar-refractivity contribution in [2.75, 3.05) is 4.90 Å². The minimum atomic E-state index is -0.744. The van der Waals surface area contributed by atoms with Gasteiger partial charge in [0.15, 0.2) is 0 Å². The number of benzene rings is 1. The lowest BCUT2D eigenvalue weighted by Crippen LogP contribution is -2.33. The second-order valence-corrected chi connectivity index (χ2v) is 5.30. The van der Waals surface area contributed by atoms with Crippen LogP contribution in [-0.2, 0) is 9.59 Å². The first-order valence-electron chi connectivity index (χ1n) is 6.35. The first-order chi connectivity index (χ1) is 9.05. The van der Waals surface area contributed by atoms with Gasteiger partial charge in [0.25, 0.3) is 0 Å². The Labute approximate surface area is 112 Å². The van der Waals surface area contributed by atoms with Crippen LogP contribution in [0, 0.1) is 11.3 Å². The average Bonchev–Trinajstić information content (AvgIpc) is 2.59. The lowest BCUT2D eigenvalue weighted by Gasteiger charge is -2.26. The summed E-state index contributed by atoms with van der Waals surface area (Å²) in [5, 5.41) is 0. The van der Waals surface area contributed by atoms with Crippen LogP contribution in [0.25, 0.3) is 0 Å². The molecule has 0 radical (unpaired) electrons. The Hall–Kier alpha value is -2.16. The van der Waals surface area contributed by atoms with Crippen LogP contribution in [0.5, 0.6) is 0 Å². The molecule has 1 aromatic carbocycles. The van der Waals surface area contributed by atoms with Crippen LogP contribution in [0.4, 0.5) is 5.69 Å². The highest BCUT2D eigenvalue weighted by Crippen LogP contribution is 2.46. The minimum absolute atomic E-state index is 0.128. The summed E-state index contributed by atoms with van der Waals surface area (Å²) in [6.45, 7) is 3.75. The van der Waals surface area contributed by atoms with Gasteiger partial charge in [0, 0.05) is 0 Å². The van der Waals surface area contributed by atoms with E-state index in [-0.39, 0.29) is 17.7 Å². The van der Waals surface area contributed by atoms with E-state index in [1.54, 1.807) is 12.1 Å². The number of anilines is 1. The van der Waals surface area contributed by atoms with Crippen molar-refractivity contribution in [3.05, 3.63) is 54.1 Å². The number of hydrogen-bond acceptors (Lipinski definition) is 2. The Morgan fingerprint density at radius 1 is 1.16 bits per heavy atom. The lowest BCUT2D eigenvalue weighted by atomic mass is 9.73. The first kappa shape index (κ1) is 11.9. The van der Waals surface area contributed by atoms with E-state index in [9.17, 15) is 9.59 Å². The summed E-state index contributed by atoms with van der Waals surface area (Å²) in [5.74, 6) is -0.639. The van der Waals surface area contributed by atoms with Crippen LogP contribution in [-0.4, -0.2) is 11.8 Å². The fourth-order valence-electron chi connectivity index (χ4n) is 3.00. The van der Waals surface area contributed by atoms with Crippen LogP contribution >= 0.6 is 0 Å². The molecule has 1 fully saturated rings. The van der Waals surface area contributed by atoms with Gasteiger partial charge in [-0.05, 0) is 26.0 Å². The van der Waals surface area contributed by atoms with Crippen LogP contribution in [0.2, 0.25) is 0 Å². The van der Waals surface area contributed by atoms with Crippen molar-refractivity contribution in [2.24, 2.45) is 11.3 Å². The highest BCUT2D eigenvalue weighted by Gasteiger charge is 2.56. The maximum atomic E-state index is 12.6. The maximum absolute atomic E-state index is 12.6. The molecule has 1 saturated heterocycles. The van der Waals surface area contributed by atoms with Crippen molar-refractivity contribution in [3.63, 3.8) is 0 Å². The maximum Gasteiger partial charge on any atom is 0.244 e. The standard InChI is InChI=1S/C16H15NO2/c1-11-7-6-10-16(2)13(11)14(18)17(15(16)19)12-8-4-3-5-9-12/h3-10,13H,1-2H3. The molecule has 1 heterocycles. The van der Waals surface area contributed by atoms with Crippen LogP contribution in [0.1, 0.15) is 13.8 Å². The van der Waals surface area contributed by atoms with Crippen LogP contribution in [0.3, 0.4) is 0 Å². The zero-order chi connectivity index (χ0) is 13.6. The van der Waals surface area contributed by atoms with Crippen LogP contribution in [0.15, 0.2) is 54.1 Å². The van der Waals surface area contributed by atoms with Gasteiger partial charge in [0.1, 0.15) is 0 Å². The molecule has 3 rings (SSSR count). The van der Waals surface area contributed by atoms with Crippen molar-refractivity contribution in [1.82, 2.24) is 0 Å². The highest BCUT2D eigenvalue weighted by molar-refractivity contribution is 6.25. The number of carbonyl (C=O) groups excluding carboxylic acids is 2. The average molecular weight is 253 g/mol. The highest BCUT2D eigenvalue weighted by atomic mass is 16.2. The monoisotopic (exact) mass is 253 g/mol. The molecule has 2 amide bonds. The predicted octanol–water partition coefficient (Wildman–Crippen LogP) is 2.70. The van der Waals surface area contributed by atoms with Gasteiger partial charge in [0.2, 0.25) is 11.8 Å². The van der Waals surface area contributed by atoms with Crippen molar-refractivity contribution >= 4 is 17.5 Å². The third kappa shape index (κ3) is 1.51. The number of hydrogen-bond donors (Lipinski definition) is 0. The Balaban J connectivity index is 2.12. The zero-order valence-corrected chi connectivity index (χ0v) is 11.0. The molecule has 2 aliphatic rings. The molecule has 0 N–H and O–H groups in total. The Morgan fingerprint density at radius 3 is 2.47 bits per heavy atom. The van der Waals surface area contributed by atoms with E-state index in [0.29, 0.717) is 5.69 Å². The van der Waals surface area contributed by atoms with Crippen LogP contribution < -0.4 is 4.90 Å². The smallest absolute Gasteiger partial charge is 0.244 e. The van der Waals surface area contributed by atoms with Crippen molar-refractivity contribution in [2.45, 2.75) is 13.8 Å². The number of para-hydroxylation sites is 1. The number of imide groups is 1. The quantitative estimate of drug-likeness (QED) is 0.722. The summed E-state index contributed by atoms with van der Waals surface area (Å²) >= 11 is 0. The van der Waals surface area contributed by atoms with Gasteiger partial charge < -0.3 is 0 Å². The summed E-state index contributed by atoms with van der Waals surface area (Å²) in [6.07, 6.45) is 5.62. The Morgan fingerprint density at radius 2 is 1.84 bits per heavy atom. The van der Waals surface area contributed by atoms with Crippen molar-refractivity contribution in [3.8, 4) is 0 Å². The molecule has 3 heteroatoms. The molecule has 0 bridgehead atoms. The number of nitrogens with zero attached hydrogens (tertiary/aromatic N) is 1. The number of fused-ring (bicyclic) bond motifs is 1. The summed E-state index contributed by atoms with van der Waals surface area (Å²) in [6, 6.07) is 9.12. The molecule has 96 valence electrons. The molecule has 1 aliphatic heterocycles. The molecule has 19 heavy (non-hydrogen) atoms. The van der Waals surface area contributed by atoms with E-state index in [1.807, 2.05) is 50.3 Å². The molecule has 3 nitrogen and oxygen atoms in total. The number of allylic oxidation sites excluding steroid dienone is 2. The fraction of sp³-hybridized carbons (Fsp3) is 0.250. The topological polar surface area (TPSA) is 37.4 Å². The third-order valence-corrected chi connectivity index (χ3v) is 4.00. The van der Waals surface area contributed by atoms with Crippen molar-refractivity contribution < 1.29 is 9.59 Å². The molecule has 1 aromatic rings.